The van der Waals surface area contributed by atoms with E-state index in [0.717, 1.165) is 21.6 Å². The average Bonchev–Trinajstić information content (AvgIpc) is 2.84. The predicted molar refractivity (Wildman–Crippen MR) is 75.3 cm³/mol. The number of nitrogens with one attached hydrogen (secondary N) is 1. The maximum Gasteiger partial charge on any atom is 0.210 e. The summed E-state index contributed by atoms with van der Waals surface area (Å²) in [5, 5.41) is 20.6. The van der Waals surface area contributed by atoms with Crippen LogP contribution in [0.1, 0.15) is 12.5 Å². The van der Waals surface area contributed by atoms with Gasteiger partial charge in [-0.25, -0.2) is 0 Å². The number of rotatable bonds is 5. The van der Waals surface area contributed by atoms with Crippen LogP contribution in [0.2, 0.25) is 0 Å². The van der Waals surface area contributed by atoms with Gasteiger partial charge in [-0.15, -0.1) is 10.2 Å². The summed E-state index contributed by atoms with van der Waals surface area (Å²) in [5.41, 5.74) is 2.31. The molecule has 1 aromatic carbocycles. The first-order valence-corrected chi connectivity index (χ1v) is 7.32. The van der Waals surface area contributed by atoms with Gasteiger partial charge < -0.3 is 5.32 Å². The van der Waals surface area contributed by atoms with Crippen molar-refractivity contribution in [2.45, 2.75) is 17.7 Å². The molecule has 0 atom stereocenters. The summed E-state index contributed by atoms with van der Waals surface area (Å²) in [6, 6.07) is 10.2. The van der Waals surface area contributed by atoms with Crippen molar-refractivity contribution in [2.75, 3.05) is 11.1 Å². The number of aromatic nitrogens is 2. The topological polar surface area (TPSA) is 61.6 Å². The van der Waals surface area contributed by atoms with Gasteiger partial charge >= 0.3 is 0 Å². The van der Waals surface area contributed by atoms with Gasteiger partial charge in [0.05, 0.1) is 11.8 Å². The van der Waals surface area contributed by atoms with Crippen LogP contribution in [-0.2, 0) is 6.42 Å². The Bertz CT molecular complexity index is 559. The molecule has 18 heavy (non-hydrogen) atoms. The van der Waals surface area contributed by atoms with Gasteiger partial charge in [-0.1, -0.05) is 48.2 Å². The van der Waals surface area contributed by atoms with Gasteiger partial charge in [0.2, 0.25) is 5.13 Å². The number of hydrogen-bond donors (Lipinski definition) is 1. The minimum Gasteiger partial charge on any atom is -0.330 e. The van der Waals surface area contributed by atoms with Crippen molar-refractivity contribution in [2.24, 2.45) is 0 Å². The molecule has 0 radical (unpaired) electrons. The highest BCUT2D eigenvalue weighted by Gasteiger charge is 2.06. The fraction of sp³-hybridized carbons (Fsp3) is 0.250. The number of nitrogens with zero attached hydrogens (tertiary/aromatic N) is 3. The van der Waals surface area contributed by atoms with Crippen LogP contribution < -0.4 is 5.32 Å². The summed E-state index contributed by atoms with van der Waals surface area (Å²) in [6.45, 7) is 2.12. The molecule has 6 heteroatoms. The van der Waals surface area contributed by atoms with Gasteiger partial charge in [-0.2, -0.15) is 5.26 Å². The highest BCUT2D eigenvalue weighted by atomic mass is 32.2. The molecule has 0 bridgehead atoms. The van der Waals surface area contributed by atoms with Crippen LogP contribution in [0.3, 0.4) is 0 Å². The molecular formula is C12H12N4S2. The Labute approximate surface area is 114 Å². The van der Waals surface area contributed by atoms with Crippen LogP contribution in [0.15, 0.2) is 28.6 Å². The van der Waals surface area contributed by atoms with Crippen molar-refractivity contribution < 1.29 is 0 Å². The first kappa shape index (κ1) is 12.9. The van der Waals surface area contributed by atoms with Crippen LogP contribution in [0.4, 0.5) is 10.8 Å². The van der Waals surface area contributed by atoms with Gasteiger partial charge in [-0.05, 0) is 18.1 Å². The van der Waals surface area contributed by atoms with E-state index in [1.54, 1.807) is 0 Å². The second-order valence-corrected chi connectivity index (χ2v) is 5.66. The van der Waals surface area contributed by atoms with E-state index in [9.17, 15) is 0 Å². The molecule has 0 fully saturated rings. The summed E-state index contributed by atoms with van der Waals surface area (Å²) < 4.78 is 0.813. The second-order valence-electron chi connectivity index (χ2n) is 3.46. The monoisotopic (exact) mass is 276 g/mol. The summed E-state index contributed by atoms with van der Waals surface area (Å²) >= 11 is 2.87. The van der Waals surface area contributed by atoms with Crippen LogP contribution >= 0.6 is 23.1 Å². The van der Waals surface area contributed by atoms with Crippen molar-refractivity contribution in [3.63, 3.8) is 0 Å². The van der Waals surface area contributed by atoms with Crippen LogP contribution in [0, 0.1) is 11.3 Å². The van der Waals surface area contributed by atoms with Gasteiger partial charge in [0, 0.05) is 5.69 Å². The molecule has 0 saturated heterocycles. The van der Waals surface area contributed by atoms with Gasteiger partial charge in [0.15, 0.2) is 4.34 Å². The Morgan fingerprint density at radius 2 is 2.22 bits per heavy atom. The standard InChI is InChI=1S/C12H12N4S2/c1-2-9-5-3-4-6-10(9)14-11-15-16-12(18-11)17-8-7-13/h3-6H,2,8H2,1H3,(H,14,15). The first-order chi connectivity index (χ1) is 8.83. The molecule has 2 rings (SSSR count). The summed E-state index contributed by atoms with van der Waals surface area (Å²) in [7, 11) is 0. The second kappa shape index (κ2) is 6.38. The lowest BCUT2D eigenvalue weighted by Gasteiger charge is -2.06. The molecule has 92 valence electrons. The Hall–Kier alpha value is -1.58. The largest absolute Gasteiger partial charge is 0.330 e. The predicted octanol–water partition coefficient (Wildman–Crippen LogP) is 3.46. The van der Waals surface area contributed by atoms with Crippen LogP contribution in [0.25, 0.3) is 0 Å². The molecule has 0 aliphatic carbocycles. The van der Waals surface area contributed by atoms with E-state index in [0.29, 0.717) is 5.75 Å². The lowest BCUT2D eigenvalue weighted by atomic mass is 10.1. The summed E-state index contributed by atoms with van der Waals surface area (Å²) in [4.78, 5) is 0. The number of nitriles is 1. The molecule has 1 N–H and O–H groups in total. The van der Waals surface area contributed by atoms with Crippen molar-refractivity contribution >= 4 is 33.9 Å². The first-order valence-electron chi connectivity index (χ1n) is 5.51. The van der Waals surface area contributed by atoms with E-state index in [1.807, 2.05) is 18.2 Å². The van der Waals surface area contributed by atoms with Crippen molar-refractivity contribution in [1.82, 2.24) is 10.2 Å². The van der Waals surface area contributed by atoms with E-state index in [-0.39, 0.29) is 0 Å². The third-order valence-electron chi connectivity index (χ3n) is 2.31. The molecule has 0 aliphatic heterocycles. The highest BCUT2D eigenvalue weighted by Crippen LogP contribution is 2.28. The zero-order chi connectivity index (χ0) is 12.8. The molecule has 2 aromatic rings. The maximum absolute atomic E-state index is 8.51. The molecule has 1 heterocycles. The quantitative estimate of drug-likeness (QED) is 0.847. The molecule has 0 aliphatic rings. The fourth-order valence-electron chi connectivity index (χ4n) is 1.48. The third-order valence-corrected chi connectivity index (χ3v) is 4.15. The Balaban J connectivity index is 2.09. The summed E-state index contributed by atoms with van der Waals surface area (Å²) in [5.74, 6) is 0.403. The number of aryl methyl sites for hydroxylation is 1. The molecule has 1 aromatic heterocycles. The van der Waals surface area contributed by atoms with Crippen LogP contribution in [-0.4, -0.2) is 16.0 Å². The van der Waals surface area contributed by atoms with E-state index < -0.39 is 0 Å². The Kier molecular flexibility index (Phi) is 4.56. The van der Waals surface area contributed by atoms with Crippen molar-refractivity contribution in [3.8, 4) is 6.07 Å². The molecule has 0 saturated carbocycles. The Morgan fingerprint density at radius 1 is 1.39 bits per heavy atom. The summed E-state index contributed by atoms with van der Waals surface area (Å²) in [6.07, 6.45) is 0.970. The van der Waals surface area contributed by atoms with Gasteiger partial charge in [-0.3, -0.25) is 0 Å². The molecule has 0 unspecified atom stereocenters. The van der Waals surface area contributed by atoms with Gasteiger partial charge in [0.1, 0.15) is 0 Å². The SMILES string of the molecule is CCc1ccccc1Nc1nnc(SCC#N)s1. The highest BCUT2D eigenvalue weighted by molar-refractivity contribution is 8.01. The number of benzene rings is 1. The lowest BCUT2D eigenvalue weighted by molar-refractivity contribution is 1.01. The average molecular weight is 276 g/mol. The minimum absolute atomic E-state index is 0.403. The number of thioether (sulfide) groups is 1. The normalized spacial score (nSPS) is 10.0. The van der Waals surface area contributed by atoms with E-state index in [2.05, 4.69) is 34.6 Å². The molecule has 4 nitrogen and oxygen atoms in total. The smallest absolute Gasteiger partial charge is 0.210 e. The molecular weight excluding hydrogens is 264 g/mol. The van der Waals surface area contributed by atoms with E-state index in [4.69, 9.17) is 5.26 Å². The van der Waals surface area contributed by atoms with Crippen molar-refractivity contribution in [1.29, 1.82) is 5.26 Å². The Morgan fingerprint density at radius 3 is 3.00 bits per heavy atom. The minimum atomic E-state index is 0.403. The molecule has 0 amide bonds. The number of anilines is 2. The van der Waals surface area contributed by atoms with Crippen molar-refractivity contribution in [3.05, 3.63) is 29.8 Å². The zero-order valence-electron chi connectivity index (χ0n) is 9.88. The van der Waals surface area contributed by atoms with Crippen LogP contribution in [0.5, 0.6) is 0 Å². The molecule has 0 spiro atoms. The lowest BCUT2D eigenvalue weighted by Crippen LogP contribution is -1.94. The number of para-hydroxylation sites is 1. The van der Waals surface area contributed by atoms with Gasteiger partial charge in [0.25, 0.3) is 0 Å². The maximum atomic E-state index is 8.51. The van der Waals surface area contributed by atoms with E-state index >= 15 is 0 Å². The third kappa shape index (κ3) is 3.22. The number of hydrogen-bond acceptors (Lipinski definition) is 6. The zero-order valence-corrected chi connectivity index (χ0v) is 11.5. The fourth-order valence-corrected chi connectivity index (χ4v) is 2.90. The van der Waals surface area contributed by atoms with E-state index in [1.165, 1.54) is 28.7 Å².